The Hall–Kier alpha value is -1.36. The third-order valence-corrected chi connectivity index (χ3v) is 2.86. The molecule has 0 fully saturated rings. The standard InChI is InChI=1S/C13H24N4O/c1-9(2)10-11(14-5)16-8-17-12(10)15-6-13(3,4)7-18/h8-9,18H,6-7H2,1-5H3,(H2,14,15,16,17). The molecule has 1 aromatic heterocycles. The molecule has 0 spiro atoms. The van der Waals surface area contributed by atoms with Crippen LogP contribution in [-0.2, 0) is 0 Å². The van der Waals surface area contributed by atoms with Gasteiger partial charge in [0.15, 0.2) is 0 Å². The number of aliphatic hydroxyl groups excluding tert-OH is 1. The molecule has 5 heteroatoms. The minimum Gasteiger partial charge on any atom is -0.396 e. The molecule has 1 heterocycles. The molecule has 0 bridgehead atoms. The molecule has 1 aromatic rings. The molecule has 0 aliphatic rings. The van der Waals surface area contributed by atoms with Crippen molar-refractivity contribution in [2.45, 2.75) is 33.6 Å². The lowest BCUT2D eigenvalue weighted by Crippen LogP contribution is -2.27. The summed E-state index contributed by atoms with van der Waals surface area (Å²) in [5, 5.41) is 15.7. The van der Waals surface area contributed by atoms with Gasteiger partial charge in [-0.25, -0.2) is 9.97 Å². The van der Waals surface area contributed by atoms with Crippen LogP contribution in [0.1, 0.15) is 39.2 Å². The Bertz CT molecular complexity index is 391. The number of hydrogen-bond acceptors (Lipinski definition) is 5. The van der Waals surface area contributed by atoms with Gasteiger partial charge in [-0.3, -0.25) is 0 Å². The van der Waals surface area contributed by atoms with Crippen molar-refractivity contribution in [1.82, 2.24) is 9.97 Å². The molecule has 1 rings (SSSR count). The molecule has 0 aliphatic carbocycles. The Morgan fingerprint density at radius 1 is 1.28 bits per heavy atom. The van der Waals surface area contributed by atoms with Crippen LogP contribution in [0.4, 0.5) is 11.6 Å². The van der Waals surface area contributed by atoms with E-state index >= 15 is 0 Å². The molecule has 0 atom stereocenters. The molecule has 3 N–H and O–H groups in total. The van der Waals surface area contributed by atoms with Crippen LogP contribution in [0.3, 0.4) is 0 Å². The van der Waals surface area contributed by atoms with Gasteiger partial charge in [0.25, 0.3) is 0 Å². The van der Waals surface area contributed by atoms with E-state index in [9.17, 15) is 5.11 Å². The maximum atomic E-state index is 9.27. The van der Waals surface area contributed by atoms with Crippen LogP contribution in [-0.4, -0.2) is 35.3 Å². The lowest BCUT2D eigenvalue weighted by Gasteiger charge is -2.24. The van der Waals surface area contributed by atoms with Crippen LogP contribution in [0, 0.1) is 5.41 Å². The number of nitrogens with one attached hydrogen (secondary N) is 2. The summed E-state index contributed by atoms with van der Waals surface area (Å²) in [6.07, 6.45) is 1.55. The molecule has 18 heavy (non-hydrogen) atoms. The van der Waals surface area contributed by atoms with Gasteiger partial charge < -0.3 is 15.7 Å². The second-order valence-corrected chi connectivity index (χ2v) is 5.57. The Morgan fingerprint density at radius 3 is 2.39 bits per heavy atom. The Balaban J connectivity index is 2.95. The van der Waals surface area contributed by atoms with Crippen molar-refractivity contribution in [3.63, 3.8) is 0 Å². The molecule has 5 nitrogen and oxygen atoms in total. The van der Waals surface area contributed by atoms with Crippen molar-refractivity contribution in [2.75, 3.05) is 30.8 Å². The second-order valence-electron chi connectivity index (χ2n) is 5.57. The van der Waals surface area contributed by atoms with Crippen LogP contribution in [0.5, 0.6) is 0 Å². The minimum atomic E-state index is -0.168. The number of nitrogens with zero attached hydrogens (tertiary/aromatic N) is 2. The first-order valence-corrected chi connectivity index (χ1v) is 6.28. The van der Waals surface area contributed by atoms with E-state index in [0.29, 0.717) is 12.5 Å². The average molecular weight is 252 g/mol. The average Bonchev–Trinajstić information content (AvgIpc) is 2.35. The van der Waals surface area contributed by atoms with Crippen LogP contribution in [0.25, 0.3) is 0 Å². The minimum absolute atomic E-state index is 0.140. The van der Waals surface area contributed by atoms with E-state index in [4.69, 9.17) is 0 Å². The molecular formula is C13H24N4O. The summed E-state index contributed by atoms with van der Waals surface area (Å²) >= 11 is 0. The molecule has 102 valence electrons. The van der Waals surface area contributed by atoms with E-state index < -0.39 is 0 Å². The number of hydrogen-bond donors (Lipinski definition) is 3. The van der Waals surface area contributed by atoms with Gasteiger partial charge in [0.05, 0.1) is 0 Å². The highest BCUT2D eigenvalue weighted by atomic mass is 16.3. The zero-order chi connectivity index (χ0) is 13.8. The number of rotatable bonds is 6. The van der Waals surface area contributed by atoms with Crippen molar-refractivity contribution in [1.29, 1.82) is 0 Å². The highest BCUT2D eigenvalue weighted by Gasteiger charge is 2.19. The lowest BCUT2D eigenvalue weighted by molar-refractivity contribution is 0.170. The molecule has 0 saturated carbocycles. The Labute approximate surface area is 109 Å². The van der Waals surface area contributed by atoms with Crippen LogP contribution in [0.15, 0.2) is 6.33 Å². The van der Waals surface area contributed by atoms with Gasteiger partial charge in [-0.2, -0.15) is 0 Å². The van der Waals surface area contributed by atoms with E-state index in [-0.39, 0.29) is 12.0 Å². The number of aliphatic hydroxyl groups is 1. The predicted molar refractivity (Wildman–Crippen MR) is 75.0 cm³/mol. The summed E-state index contributed by atoms with van der Waals surface area (Å²) in [6, 6.07) is 0. The van der Waals surface area contributed by atoms with Gasteiger partial charge in [-0.05, 0) is 5.92 Å². The number of aromatic nitrogens is 2. The first kappa shape index (κ1) is 14.7. The topological polar surface area (TPSA) is 70.1 Å². The van der Waals surface area contributed by atoms with Crippen molar-refractivity contribution < 1.29 is 5.11 Å². The highest BCUT2D eigenvalue weighted by Crippen LogP contribution is 2.28. The van der Waals surface area contributed by atoms with Crippen molar-refractivity contribution >= 4 is 11.6 Å². The largest absolute Gasteiger partial charge is 0.396 e. The van der Waals surface area contributed by atoms with Gasteiger partial charge in [-0.1, -0.05) is 27.7 Å². The lowest BCUT2D eigenvalue weighted by atomic mass is 9.94. The molecule has 0 radical (unpaired) electrons. The zero-order valence-corrected chi connectivity index (χ0v) is 11.9. The van der Waals surface area contributed by atoms with E-state index in [1.807, 2.05) is 20.9 Å². The molecule has 0 amide bonds. The summed E-state index contributed by atoms with van der Waals surface area (Å²) in [7, 11) is 1.86. The summed E-state index contributed by atoms with van der Waals surface area (Å²) in [4.78, 5) is 8.53. The Kier molecular flexibility index (Phi) is 4.90. The number of anilines is 2. The fourth-order valence-electron chi connectivity index (χ4n) is 1.66. The third kappa shape index (κ3) is 3.57. The predicted octanol–water partition coefficient (Wildman–Crippen LogP) is 2.07. The maximum absolute atomic E-state index is 9.27. The molecular weight excluding hydrogens is 228 g/mol. The van der Waals surface area contributed by atoms with Gasteiger partial charge in [0, 0.05) is 31.2 Å². The summed E-state index contributed by atoms with van der Waals surface area (Å²) in [6.45, 7) is 9.05. The normalized spacial score (nSPS) is 11.7. The van der Waals surface area contributed by atoms with Crippen molar-refractivity contribution in [3.05, 3.63) is 11.9 Å². The molecule has 0 unspecified atom stereocenters. The SMILES string of the molecule is CNc1ncnc(NCC(C)(C)CO)c1C(C)C. The van der Waals surface area contributed by atoms with Crippen LogP contribution >= 0.6 is 0 Å². The third-order valence-electron chi connectivity index (χ3n) is 2.86. The van der Waals surface area contributed by atoms with Gasteiger partial charge in [0.1, 0.15) is 18.0 Å². The monoisotopic (exact) mass is 252 g/mol. The zero-order valence-electron chi connectivity index (χ0n) is 11.9. The Morgan fingerprint density at radius 2 is 1.89 bits per heavy atom. The first-order valence-electron chi connectivity index (χ1n) is 6.28. The summed E-state index contributed by atoms with van der Waals surface area (Å²) in [5.41, 5.74) is 0.910. The van der Waals surface area contributed by atoms with Gasteiger partial charge >= 0.3 is 0 Å². The van der Waals surface area contributed by atoms with Gasteiger partial charge in [-0.15, -0.1) is 0 Å². The second kappa shape index (κ2) is 6.00. The maximum Gasteiger partial charge on any atom is 0.135 e. The highest BCUT2D eigenvalue weighted by molar-refractivity contribution is 5.58. The van der Waals surface area contributed by atoms with E-state index in [2.05, 4.69) is 34.4 Å². The fraction of sp³-hybridized carbons (Fsp3) is 0.692. The van der Waals surface area contributed by atoms with E-state index in [1.165, 1.54) is 0 Å². The molecule has 0 saturated heterocycles. The van der Waals surface area contributed by atoms with Crippen LogP contribution < -0.4 is 10.6 Å². The smallest absolute Gasteiger partial charge is 0.135 e. The summed E-state index contributed by atoms with van der Waals surface area (Å²) < 4.78 is 0. The van der Waals surface area contributed by atoms with Crippen LogP contribution in [0.2, 0.25) is 0 Å². The fourth-order valence-corrected chi connectivity index (χ4v) is 1.66. The van der Waals surface area contributed by atoms with Gasteiger partial charge in [0.2, 0.25) is 0 Å². The molecule has 0 aliphatic heterocycles. The van der Waals surface area contributed by atoms with Crippen molar-refractivity contribution in [3.8, 4) is 0 Å². The van der Waals surface area contributed by atoms with E-state index in [0.717, 1.165) is 17.2 Å². The summed E-state index contributed by atoms with van der Waals surface area (Å²) in [5.74, 6) is 2.02. The first-order chi connectivity index (χ1) is 8.41. The quantitative estimate of drug-likeness (QED) is 0.723. The van der Waals surface area contributed by atoms with E-state index in [1.54, 1.807) is 6.33 Å². The molecule has 0 aromatic carbocycles. The van der Waals surface area contributed by atoms with Crippen molar-refractivity contribution in [2.24, 2.45) is 5.41 Å².